The minimum Gasteiger partial charge on any atom is -0.374 e. The summed E-state index contributed by atoms with van der Waals surface area (Å²) < 4.78 is 30.2. The Kier molecular flexibility index (Phi) is 10.1. The molecule has 0 radical (unpaired) electrons. The molecule has 56 heavy (non-hydrogen) atoms. The second kappa shape index (κ2) is 15.6. The van der Waals surface area contributed by atoms with Crippen molar-refractivity contribution in [2.75, 3.05) is 60.9 Å². The van der Waals surface area contributed by atoms with E-state index in [0.717, 1.165) is 113 Å². The zero-order chi connectivity index (χ0) is 38.2. The van der Waals surface area contributed by atoms with E-state index in [1.54, 1.807) is 16.8 Å². The van der Waals surface area contributed by atoms with E-state index in [9.17, 15) is 18.4 Å². The van der Waals surface area contributed by atoms with E-state index in [-0.39, 0.29) is 23.9 Å². The number of aromatic nitrogens is 4. The van der Waals surface area contributed by atoms with Gasteiger partial charge in [0.15, 0.2) is 5.65 Å². The summed E-state index contributed by atoms with van der Waals surface area (Å²) in [6, 6.07) is 20.1. The molecular formula is C42H46F2N10O2. The van der Waals surface area contributed by atoms with E-state index in [2.05, 4.69) is 53.5 Å². The first-order chi connectivity index (χ1) is 27.3. The number of piperidine rings is 2. The van der Waals surface area contributed by atoms with E-state index >= 15 is 0 Å². The zero-order valence-electron chi connectivity index (χ0n) is 31.3. The van der Waals surface area contributed by atoms with Crippen LogP contribution in [-0.2, 0) is 16.1 Å². The fourth-order valence-corrected chi connectivity index (χ4v) is 8.84. The van der Waals surface area contributed by atoms with Gasteiger partial charge in [0.1, 0.15) is 29.3 Å². The molecule has 14 heteroatoms. The van der Waals surface area contributed by atoms with Crippen molar-refractivity contribution in [3.05, 3.63) is 102 Å². The van der Waals surface area contributed by atoms with Crippen LogP contribution in [0, 0.1) is 11.6 Å². The van der Waals surface area contributed by atoms with Crippen molar-refractivity contribution in [3.63, 3.8) is 0 Å². The van der Waals surface area contributed by atoms with Gasteiger partial charge in [0.05, 0.1) is 23.5 Å². The molecule has 2 aromatic carbocycles. The van der Waals surface area contributed by atoms with Crippen molar-refractivity contribution < 1.29 is 18.4 Å². The standard InChI is InChI=1S/C42H46F2N10O2/c43-29-8-11-32(34(44)25-29)37-4-2-17-53(37)39-16-20-54-41(48-39)33(26-45-54)35-3-1-5-38(47-35)52-23-21-51(22-24-52)31-14-18-50(19-15-31)27-28-6-9-30(10-7-28)46-36-12-13-40(55)49-42(36)56/h1,3,5-11,16,20,25-26,31,36-37,46H,2,4,12-15,17-19,21-24,27H2,(H,49,55,56)/t36?,37-/m1/s1. The summed E-state index contributed by atoms with van der Waals surface area (Å²) in [5, 5.41) is 10.2. The van der Waals surface area contributed by atoms with Crippen LogP contribution >= 0.6 is 0 Å². The van der Waals surface area contributed by atoms with Crippen molar-refractivity contribution in [2.45, 2.75) is 63.2 Å². The summed E-state index contributed by atoms with van der Waals surface area (Å²) in [5.41, 5.74) is 4.95. The largest absolute Gasteiger partial charge is 0.374 e. The number of pyridine rings is 1. The first-order valence-electron chi connectivity index (χ1n) is 19.8. The van der Waals surface area contributed by atoms with E-state index in [0.29, 0.717) is 30.1 Å². The molecule has 7 heterocycles. The van der Waals surface area contributed by atoms with Crippen molar-refractivity contribution in [2.24, 2.45) is 0 Å². The fourth-order valence-electron chi connectivity index (χ4n) is 8.84. The Morgan fingerprint density at radius 1 is 0.821 bits per heavy atom. The molecule has 2 N–H and O–H groups in total. The van der Waals surface area contributed by atoms with Crippen LogP contribution in [0.15, 0.2) is 79.1 Å². The Balaban J connectivity index is 0.789. The second-order valence-electron chi connectivity index (χ2n) is 15.4. The van der Waals surface area contributed by atoms with E-state index < -0.39 is 11.6 Å². The number of hydrogen-bond acceptors (Lipinski definition) is 10. The maximum absolute atomic E-state index is 14.8. The number of piperazine rings is 1. The van der Waals surface area contributed by atoms with Gasteiger partial charge in [0.25, 0.3) is 0 Å². The van der Waals surface area contributed by atoms with E-state index in [4.69, 9.17) is 9.97 Å². The third kappa shape index (κ3) is 7.55. The molecule has 3 aromatic heterocycles. The number of carbonyl (C=O) groups is 2. The molecule has 4 aliphatic heterocycles. The maximum atomic E-state index is 14.8. The van der Waals surface area contributed by atoms with Gasteiger partial charge in [0, 0.05) is 75.2 Å². The molecule has 2 atom stereocenters. The smallest absolute Gasteiger partial charge is 0.249 e. The van der Waals surface area contributed by atoms with Gasteiger partial charge in [-0.1, -0.05) is 24.3 Å². The number of rotatable bonds is 9. The molecule has 4 aliphatic rings. The third-order valence-electron chi connectivity index (χ3n) is 11.9. The molecule has 290 valence electrons. The van der Waals surface area contributed by atoms with E-state index in [1.807, 2.05) is 36.5 Å². The van der Waals surface area contributed by atoms with Crippen LogP contribution in [0.25, 0.3) is 16.9 Å². The number of likely N-dealkylation sites (tertiary alicyclic amines) is 1. The molecule has 4 saturated heterocycles. The molecule has 0 bridgehead atoms. The molecule has 0 aliphatic carbocycles. The fraction of sp³-hybridized carbons (Fsp3) is 0.405. The Bertz CT molecular complexity index is 2220. The van der Waals surface area contributed by atoms with Crippen molar-refractivity contribution in [1.29, 1.82) is 0 Å². The van der Waals surface area contributed by atoms with Gasteiger partial charge in [-0.3, -0.25) is 24.7 Å². The van der Waals surface area contributed by atoms with Crippen LogP contribution < -0.4 is 20.4 Å². The highest BCUT2D eigenvalue weighted by atomic mass is 19.1. The predicted octanol–water partition coefficient (Wildman–Crippen LogP) is 5.41. The summed E-state index contributed by atoms with van der Waals surface area (Å²) in [6.07, 6.45) is 8.50. The van der Waals surface area contributed by atoms with Crippen molar-refractivity contribution in [3.8, 4) is 11.3 Å². The normalized spacial score (nSPS) is 21.5. The van der Waals surface area contributed by atoms with Crippen LogP contribution in [0.2, 0.25) is 0 Å². The minimum atomic E-state index is -0.576. The first kappa shape index (κ1) is 36.2. The number of fused-ring (bicyclic) bond motifs is 1. The molecule has 5 aromatic rings. The number of nitrogens with zero attached hydrogens (tertiary/aromatic N) is 8. The highest BCUT2D eigenvalue weighted by molar-refractivity contribution is 6.01. The van der Waals surface area contributed by atoms with Gasteiger partial charge >= 0.3 is 0 Å². The zero-order valence-corrected chi connectivity index (χ0v) is 31.3. The summed E-state index contributed by atoms with van der Waals surface area (Å²) in [7, 11) is 0. The van der Waals surface area contributed by atoms with Gasteiger partial charge in [-0.05, 0) is 87.2 Å². The van der Waals surface area contributed by atoms with Crippen LogP contribution in [0.1, 0.15) is 55.7 Å². The number of anilines is 3. The predicted molar refractivity (Wildman–Crippen MR) is 210 cm³/mol. The van der Waals surface area contributed by atoms with Crippen molar-refractivity contribution in [1.82, 2.24) is 34.7 Å². The molecule has 12 nitrogen and oxygen atoms in total. The maximum Gasteiger partial charge on any atom is 0.249 e. The second-order valence-corrected chi connectivity index (χ2v) is 15.4. The molecule has 0 spiro atoms. The van der Waals surface area contributed by atoms with Crippen molar-refractivity contribution >= 4 is 34.8 Å². The summed E-state index contributed by atoms with van der Waals surface area (Å²) >= 11 is 0. The molecule has 4 fully saturated rings. The Hall–Kier alpha value is -5.47. The van der Waals surface area contributed by atoms with Gasteiger partial charge in [0.2, 0.25) is 11.8 Å². The summed E-state index contributed by atoms with van der Waals surface area (Å²) in [4.78, 5) is 43.3. The molecule has 9 rings (SSSR count). The van der Waals surface area contributed by atoms with Crippen LogP contribution in [0.4, 0.5) is 26.1 Å². The lowest BCUT2D eigenvalue weighted by Gasteiger charge is -2.43. The Labute approximate surface area is 324 Å². The van der Waals surface area contributed by atoms with Gasteiger partial charge in [-0.15, -0.1) is 0 Å². The molecule has 2 amide bonds. The van der Waals surface area contributed by atoms with E-state index in [1.165, 1.54) is 11.6 Å². The summed E-state index contributed by atoms with van der Waals surface area (Å²) in [5.74, 6) is 0.109. The SMILES string of the molecule is O=C1CCC(Nc2ccc(CN3CCC(N4CCN(c5cccc(-c6cnn7ccc(N8CCC[C@@H]8c8ccc(F)cc8F)nc67)n5)CC4)CC3)cc2)C(=O)N1. The Morgan fingerprint density at radius 2 is 1.64 bits per heavy atom. The van der Waals surface area contributed by atoms with Crippen LogP contribution in [0.3, 0.4) is 0 Å². The quantitative estimate of drug-likeness (QED) is 0.189. The average Bonchev–Trinajstić information content (AvgIpc) is 3.88. The molecule has 1 unspecified atom stereocenters. The molecular weight excluding hydrogens is 715 g/mol. The minimum absolute atomic E-state index is 0.206. The number of benzene rings is 2. The highest BCUT2D eigenvalue weighted by Gasteiger charge is 2.31. The number of hydrogen-bond donors (Lipinski definition) is 2. The number of amides is 2. The lowest BCUT2D eigenvalue weighted by atomic mass is 10.0. The third-order valence-corrected chi connectivity index (χ3v) is 11.9. The van der Waals surface area contributed by atoms with Crippen LogP contribution in [-0.4, -0.2) is 99.1 Å². The number of imide groups is 1. The lowest BCUT2D eigenvalue weighted by Crippen LogP contribution is -2.53. The average molecular weight is 761 g/mol. The lowest BCUT2D eigenvalue weighted by molar-refractivity contribution is -0.133. The van der Waals surface area contributed by atoms with Crippen LogP contribution in [0.5, 0.6) is 0 Å². The summed E-state index contributed by atoms with van der Waals surface area (Å²) in [6.45, 7) is 7.54. The molecule has 0 saturated carbocycles. The monoisotopic (exact) mass is 760 g/mol. The Morgan fingerprint density at radius 3 is 2.43 bits per heavy atom. The van der Waals surface area contributed by atoms with Gasteiger partial charge in [-0.2, -0.15) is 5.10 Å². The van der Waals surface area contributed by atoms with Gasteiger partial charge < -0.3 is 15.1 Å². The highest BCUT2D eigenvalue weighted by Crippen LogP contribution is 2.37. The number of carbonyl (C=O) groups excluding carboxylic acids is 2. The van der Waals surface area contributed by atoms with Gasteiger partial charge in [-0.25, -0.2) is 23.3 Å². The number of halogens is 2. The first-order valence-corrected chi connectivity index (χ1v) is 19.8. The topological polar surface area (TPSA) is 114 Å². The number of nitrogens with one attached hydrogen (secondary N) is 2.